The molecule has 0 radical (unpaired) electrons. The van der Waals surface area contributed by atoms with Gasteiger partial charge in [0.15, 0.2) is 6.10 Å². The second-order valence-corrected chi connectivity index (χ2v) is 24.1. The van der Waals surface area contributed by atoms with Crippen molar-refractivity contribution in [1.29, 1.82) is 0 Å². The second kappa shape index (κ2) is 70.3. The first-order valence-electron chi connectivity index (χ1n) is 35.9. The summed E-state index contributed by atoms with van der Waals surface area (Å²) < 4.78 is 17.0. The number of esters is 3. The molecular weight excluding hydrogens is 1010 g/mol. The number of hydrogen-bond acceptors (Lipinski definition) is 6. The minimum Gasteiger partial charge on any atom is -0.462 e. The van der Waals surface area contributed by atoms with E-state index in [4.69, 9.17) is 14.2 Å². The van der Waals surface area contributed by atoms with Gasteiger partial charge in [-0.2, -0.15) is 0 Å². The van der Waals surface area contributed by atoms with E-state index in [2.05, 4.69) is 93.7 Å². The molecule has 0 aromatic carbocycles. The van der Waals surface area contributed by atoms with Crippen LogP contribution in [0.1, 0.15) is 374 Å². The van der Waals surface area contributed by atoms with Crippen molar-refractivity contribution in [2.45, 2.75) is 380 Å². The number of rotatable bonds is 66. The van der Waals surface area contributed by atoms with Crippen LogP contribution in [0.3, 0.4) is 0 Å². The van der Waals surface area contributed by atoms with Gasteiger partial charge in [-0.05, 0) is 83.5 Å². The van der Waals surface area contributed by atoms with Crippen LogP contribution in [0.5, 0.6) is 0 Å². The Morgan fingerprint density at radius 1 is 0.256 bits per heavy atom. The lowest BCUT2D eigenvalue weighted by Gasteiger charge is -2.18. The lowest BCUT2D eigenvalue weighted by molar-refractivity contribution is -0.167. The van der Waals surface area contributed by atoms with Gasteiger partial charge >= 0.3 is 17.9 Å². The Hall–Kier alpha value is -3.15. The van der Waals surface area contributed by atoms with E-state index < -0.39 is 6.10 Å². The molecule has 0 aromatic heterocycles. The lowest BCUT2D eigenvalue weighted by Crippen LogP contribution is -2.30. The van der Waals surface area contributed by atoms with E-state index in [-0.39, 0.29) is 37.5 Å². The van der Waals surface area contributed by atoms with Crippen molar-refractivity contribution in [3.63, 3.8) is 0 Å². The third-order valence-corrected chi connectivity index (χ3v) is 15.9. The molecule has 1 atom stereocenters. The van der Waals surface area contributed by atoms with Crippen molar-refractivity contribution < 1.29 is 28.6 Å². The van der Waals surface area contributed by atoms with Crippen LogP contribution in [-0.2, 0) is 28.6 Å². The Kier molecular flexibility index (Phi) is 67.6. The van der Waals surface area contributed by atoms with Crippen LogP contribution in [-0.4, -0.2) is 37.2 Å². The molecule has 0 aliphatic carbocycles. The molecule has 1 unspecified atom stereocenters. The summed E-state index contributed by atoms with van der Waals surface area (Å²) in [5, 5.41) is 0. The molecule has 0 fully saturated rings. The predicted molar refractivity (Wildman–Crippen MR) is 358 cm³/mol. The molecule has 6 nitrogen and oxygen atoms in total. The maximum atomic E-state index is 13.0. The van der Waals surface area contributed by atoms with E-state index in [1.807, 2.05) is 0 Å². The van der Waals surface area contributed by atoms with E-state index in [1.54, 1.807) is 0 Å². The van der Waals surface area contributed by atoms with Crippen LogP contribution < -0.4 is 0 Å². The molecule has 0 bridgehead atoms. The molecule has 0 saturated carbocycles. The minimum atomic E-state index is -0.800. The Morgan fingerprint density at radius 2 is 0.488 bits per heavy atom. The van der Waals surface area contributed by atoms with Crippen molar-refractivity contribution in [2.24, 2.45) is 0 Å². The highest BCUT2D eigenvalue weighted by Gasteiger charge is 2.19. The zero-order chi connectivity index (χ0) is 59.2. The van der Waals surface area contributed by atoms with Gasteiger partial charge in [0.05, 0.1) is 0 Å². The minimum absolute atomic E-state index is 0.0903. The zero-order valence-corrected chi connectivity index (χ0v) is 54.8. The number of unbranched alkanes of at least 4 members (excludes halogenated alkanes) is 43. The van der Waals surface area contributed by atoms with Gasteiger partial charge in [0.25, 0.3) is 0 Å². The number of carbonyl (C=O) groups excluding carboxylic acids is 3. The Morgan fingerprint density at radius 3 is 0.805 bits per heavy atom. The topological polar surface area (TPSA) is 78.9 Å². The molecular formula is C76H136O6. The van der Waals surface area contributed by atoms with E-state index >= 15 is 0 Å². The first-order valence-corrected chi connectivity index (χ1v) is 35.9. The summed E-state index contributed by atoms with van der Waals surface area (Å²) in [6.07, 6.45) is 92.3. The molecule has 0 rings (SSSR count). The van der Waals surface area contributed by atoms with Gasteiger partial charge in [0, 0.05) is 19.3 Å². The van der Waals surface area contributed by atoms with Gasteiger partial charge in [0.1, 0.15) is 13.2 Å². The fourth-order valence-electron chi connectivity index (χ4n) is 10.6. The molecule has 82 heavy (non-hydrogen) atoms. The molecule has 0 amide bonds. The number of hydrogen-bond donors (Lipinski definition) is 0. The largest absolute Gasteiger partial charge is 0.462 e. The highest BCUT2D eigenvalue weighted by molar-refractivity contribution is 5.71. The standard InChI is InChI=1S/C76H136O6/c1-4-7-10-13-16-19-22-25-28-31-33-35-36-37-38-39-41-42-45-48-51-54-57-60-63-66-69-75(78)81-72-73(71-80-74(77)68-65-62-59-56-53-50-47-44-30-27-24-21-18-15-12-9-6-3)82-76(79)70-67-64-61-58-55-52-49-46-43-40-34-32-29-26-23-20-17-14-11-8-5-2/h9,12,18,21,27,30,32,34,47,50,56,59,73H,4-8,10-11,13-17,19-20,22-26,28-29,31,33,35-46,48-49,51-55,57-58,60-72H2,1-3H3/b12-9-,21-18-,30-27-,34-32-,50-47-,59-56-. The van der Waals surface area contributed by atoms with Crippen LogP contribution in [0.25, 0.3) is 0 Å². The van der Waals surface area contributed by atoms with Crippen molar-refractivity contribution >= 4 is 17.9 Å². The second-order valence-electron chi connectivity index (χ2n) is 24.1. The summed E-state index contributed by atoms with van der Waals surface area (Å²) in [6, 6.07) is 0. The number of allylic oxidation sites excluding steroid dienone is 12. The van der Waals surface area contributed by atoms with Crippen molar-refractivity contribution in [3.8, 4) is 0 Å². The van der Waals surface area contributed by atoms with Gasteiger partial charge in [-0.3, -0.25) is 14.4 Å². The van der Waals surface area contributed by atoms with E-state index in [0.29, 0.717) is 19.3 Å². The molecule has 0 N–H and O–H groups in total. The molecule has 0 saturated heterocycles. The Bertz CT molecular complexity index is 1500. The van der Waals surface area contributed by atoms with Crippen LogP contribution in [0.4, 0.5) is 0 Å². The van der Waals surface area contributed by atoms with Gasteiger partial charge in [0.2, 0.25) is 0 Å². The van der Waals surface area contributed by atoms with E-state index in [0.717, 1.165) is 77.0 Å². The van der Waals surface area contributed by atoms with E-state index in [9.17, 15) is 14.4 Å². The van der Waals surface area contributed by atoms with Crippen molar-refractivity contribution in [1.82, 2.24) is 0 Å². The maximum absolute atomic E-state index is 13.0. The molecule has 0 heterocycles. The highest BCUT2D eigenvalue weighted by atomic mass is 16.6. The van der Waals surface area contributed by atoms with Crippen molar-refractivity contribution in [3.05, 3.63) is 72.9 Å². The quantitative estimate of drug-likeness (QED) is 0.0261. The lowest BCUT2D eigenvalue weighted by atomic mass is 10.0. The summed E-state index contributed by atoms with van der Waals surface area (Å²) in [6.45, 7) is 6.54. The third-order valence-electron chi connectivity index (χ3n) is 15.9. The van der Waals surface area contributed by atoms with Crippen LogP contribution >= 0.6 is 0 Å². The van der Waals surface area contributed by atoms with Gasteiger partial charge in [-0.25, -0.2) is 0 Å². The SMILES string of the molecule is CC/C=C\C/C=C\C/C=C\C/C=C\C/C=C\CCCC(=O)OCC(COC(=O)CCCCCCCCCCCCCCCCCCCCCCCCCCCC)OC(=O)CCCCCCCCCCC/C=C\CCCCCCCCCC. The summed E-state index contributed by atoms with van der Waals surface area (Å²) >= 11 is 0. The fraction of sp³-hybridized carbons (Fsp3) is 0.803. The molecule has 0 aliphatic rings. The molecule has 6 heteroatoms. The van der Waals surface area contributed by atoms with Gasteiger partial charge in [-0.15, -0.1) is 0 Å². The van der Waals surface area contributed by atoms with E-state index in [1.165, 1.54) is 250 Å². The predicted octanol–water partition coefficient (Wildman–Crippen LogP) is 24.8. The third kappa shape index (κ3) is 67.6. The summed E-state index contributed by atoms with van der Waals surface area (Å²) in [7, 11) is 0. The first kappa shape index (κ1) is 78.8. The highest BCUT2D eigenvalue weighted by Crippen LogP contribution is 2.18. The average Bonchev–Trinajstić information content (AvgIpc) is 3.47. The summed E-state index contributed by atoms with van der Waals surface area (Å²) in [5.74, 6) is -0.931. The molecule has 0 aromatic rings. The van der Waals surface area contributed by atoms with Crippen LogP contribution in [0.15, 0.2) is 72.9 Å². The number of ether oxygens (including phenoxy) is 3. The summed E-state index contributed by atoms with van der Waals surface area (Å²) in [4.78, 5) is 38.5. The normalized spacial score (nSPS) is 12.5. The number of carbonyl (C=O) groups is 3. The molecule has 0 spiro atoms. The average molecular weight is 1150 g/mol. The van der Waals surface area contributed by atoms with Gasteiger partial charge < -0.3 is 14.2 Å². The van der Waals surface area contributed by atoms with Crippen LogP contribution in [0.2, 0.25) is 0 Å². The Balaban J connectivity index is 4.34. The summed E-state index contributed by atoms with van der Waals surface area (Å²) in [5.41, 5.74) is 0. The van der Waals surface area contributed by atoms with Gasteiger partial charge in [-0.1, -0.05) is 344 Å². The fourth-order valence-corrected chi connectivity index (χ4v) is 10.6. The molecule has 476 valence electrons. The molecule has 0 aliphatic heterocycles. The zero-order valence-electron chi connectivity index (χ0n) is 54.8. The van der Waals surface area contributed by atoms with Crippen LogP contribution in [0, 0.1) is 0 Å². The Labute approximate surface area is 510 Å². The first-order chi connectivity index (χ1) is 40.5. The maximum Gasteiger partial charge on any atom is 0.306 e. The van der Waals surface area contributed by atoms with Crippen molar-refractivity contribution in [2.75, 3.05) is 13.2 Å². The monoisotopic (exact) mass is 1150 g/mol. The smallest absolute Gasteiger partial charge is 0.306 e.